The van der Waals surface area contributed by atoms with E-state index in [-0.39, 0.29) is 23.7 Å². The summed E-state index contributed by atoms with van der Waals surface area (Å²) in [4.78, 5) is 29.0. The monoisotopic (exact) mass is 279 g/mol. The van der Waals surface area contributed by atoms with Crippen LogP contribution in [0.4, 0.5) is 0 Å². The highest BCUT2D eigenvalue weighted by atomic mass is 16.2. The molecular weight excluding hydrogens is 258 g/mol. The standard InChI is InChI=1S/C13H21N5O2/c1-5-17-9(6-14)15-11-10(17)12(19)16(4)13(20)18(11)7-8(2)3/h8H,5-7,14H2,1-4H3. The molecule has 0 saturated heterocycles. The predicted octanol–water partition coefficient (Wildman–Crippen LogP) is 0.0313. The topological polar surface area (TPSA) is 87.8 Å². The molecule has 2 N–H and O–H groups in total. The second kappa shape index (κ2) is 5.24. The Balaban J connectivity index is 2.96. The molecule has 0 fully saturated rings. The Kier molecular flexibility index (Phi) is 3.80. The molecule has 0 bridgehead atoms. The molecule has 20 heavy (non-hydrogen) atoms. The summed E-state index contributed by atoms with van der Waals surface area (Å²) in [7, 11) is 1.50. The molecule has 2 rings (SSSR count). The molecule has 0 aliphatic heterocycles. The molecule has 0 aliphatic carbocycles. The van der Waals surface area contributed by atoms with Crippen molar-refractivity contribution < 1.29 is 0 Å². The van der Waals surface area contributed by atoms with E-state index in [2.05, 4.69) is 4.98 Å². The van der Waals surface area contributed by atoms with Crippen LogP contribution in [0.3, 0.4) is 0 Å². The summed E-state index contributed by atoms with van der Waals surface area (Å²) in [5.41, 5.74) is 5.93. The lowest BCUT2D eigenvalue weighted by Gasteiger charge is -2.11. The molecule has 7 nitrogen and oxygen atoms in total. The first-order valence-electron chi connectivity index (χ1n) is 6.81. The van der Waals surface area contributed by atoms with Gasteiger partial charge in [-0.05, 0) is 12.8 Å². The average Bonchev–Trinajstić information content (AvgIpc) is 2.79. The van der Waals surface area contributed by atoms with E-state index in [1.165, 1.54) is 7.05 Å². The van der Waals surface area contributed by atoms with E-state index in [9.17, 15) is 9.59 Å². The summed E-state index contributed by atoms with van der Waals surface area (Å²) >= 11 is 0. The van der Waals surface area contributed by atoms with Gasteiger partial charge in [0.1, 0.15) is 5.82 Å². The second-order valence-electron chi connectivity index (χ2n) is 5.30. The molecule has 2 heterocycles. The average molecular weight is 279 g/mol. The van der Waals surface area contributed by atoms with Gasteiger partial charge >= 0.3 is 5.69 Å². The van der Waals surface area contributed by atoms with Crippen LogP contribution in [0.1, 0.15) is 26.6 Å². The van der Waals surface area contributed by atoms with Gasteiger partial charge < -0.3 is 10.3 Å². The fraction of sp³-hybridized carbons (Fsp3) is 0.615. The van der Waals surface area contributed by atoms with Crippen molar-refractivity contribution in [1.29, 1.82) is 0 Å². The number of aromatic nitrogens is 4. The third-order valence-corrected chi connectivity index (χ3v) is 3.36. The maximum Gasteiger partial charge on any atom is 0.332 e. The summed E-state index contributed by atoms with van der Waals surface area (Å²) in [6.07, 6.45) is 0. The third kappa shape index (κ3) is 2.07. The van der Waals surface area contributed by atoms with E-state index in [4.69, 9.17) is 5.73 Å². The Morgan fingerprint density at radius 1 is 1.25 bits per heavy atom. The van der Waals surface area contributed by atoms with Crippen LogP contribution < -0.4 is 17.0 Å². The van der Waals surface area contributed by atoms with E-state index in [1.54, 1.807) is 9.13 Å². The van der Waals surface area contributed by atoms with Gasteiger partial charge in [0.25, 0.3) is 5.56 Å². The lowest BCUT2D eigenvalue weighted by molar-refractivity contribution is 0.500. The zero-order chi connectivity index (χ0) is 15.0. The molecule has 0 unspecified atom stereocenters. The maximum atomic E-state index is 12.3. The van der Waals surface area contributed by atoms with Crippen molar-refractivity contribution in [1.82, 2.24) is 18.7 Å². The number of hydrogen-bond donors (Lipinski definition) is 1. The van der Waals surface area contributed by atoms with Crippen molar-refractivity contribution >= 4 is 11.2 Å². The van der Waals surface area contributed by atoms with Gasteiger partial charge in [0.05, 0.1) is 6.54 Å². The zero-order valence-corrected chi connectivity index (χ0v) is 12.4. The van der Waals surface area contributed by atoms with Crippen molar-refractivity contribution in [2.24, 2.45) is 18.7 Å². The SMILES string of the molecule is CCn1c(CN)nc2c1c(=O)n(C)c(=O)n2CC(C)C. The van der Waals surface area contributed by atoms with Gasteiger partial charge in [-0.25, -0.2) is 9.78 Å². The lowest BCUT2D eigenvalue weighted by atomic mass is 10.2. The number of rotatable bonds is 4. The minimum atomic E-state index is -0.333. The van der Waals surface area contributed by atoms with Gasteiger partial charge in [-0.15, -0.1) is 0 Å². The fourth-order valence-electron chi connectivity index (χ4n) is 2.43. The quantitative estimate of drug-likeness (QED) is 0.855. The second-order valence-corrected chi connectivity index (χ2v) is 5.30. The Morgan fingerprint density at radius 2 is 1.90 bits per heavy atom. The molecule has 0 radical (unpaired) electrons. The van der Waals surface area contributed by atoms with E-state index in [0.29, 0.717) is 30.1 Å². The summed E-state index contributed by atoms with van der Waals surface area (Å²) in [5, 5.41) is 0. The smallest absolute Gasteiger partial charge is 0.324 e. The number of hydrogen-bond acceptors (Lipinski definition) is 4. The van der Waals surface area contributed by atoms with Gasteiger partial charge in [-0.2, -0.15) is 0 Å². The Labute approximate surface area is 116 Å². The van der Waals surface area contributed by atoms with E-state index in [1.807, 2.05) is 20.8 Å². The van der Waals surface area contributed by atoms with Crippen LogP contribution in [0.25, 0.3) is 11.2 Å². The number of aryl methyl sites for hydroxylation is 1. The van der Waals surface area contributed by atoms with Crippen LogP contribution in [-0.2, 0) is 26.7 Å². The largest absolute Gasteiger partial charge is 0.332 e. The Bertz CT molecular complexity index is 751. The number of imidazole rings is 1. The number of nitrogens with two attached hydrogens (primary N) is 1. The molecule has 0 amide bonds. The van der Waals surface area contributed by atoms with Gasteiger partial charge in [0, 0.05) is 20.1 Å². The van der Waals surface area contributed by atoms with E-state index < -0.39 is 0 Å². The molecule has 0 spiro atoms. The molecule has 0 saturated carbocycles. The van der Waals surface area contributed by atoms with Crippen molar-refractivity contribution in [2.45, 2.75) is 40.4 Å². The van der Waals surface area contributed by atoms with Crippen molar-refractivity contribution in [3.05, 3.63) is 26.7 Å². The number of nitrogens with zero attached hydrogens (tertiary/aromatic N) is 4. The van der Waals surface area contributed by atoms with Crippen LogP contribution in [0, 0.1) is 5.92 Å². The van der Waals surface area contributed by atoms with E-state index in [0.717, 1.165) is 4.57 Å². The van der Waals surface area contributed by atoms with Crippen LogP contribution in [0.15, 0.2) is 9.59 Å². The molecule has 2 aromatic rings. The molecule has 0 aromatic carbocycles. The Hall–Kier alpha value is -1.89. The third-order valence-electron chi connectivity index (χ3n) is 3.36. The lowest BCUT2D eigenvalue weighted by Crippen LogP contribution is -2.39. The summed E-state index contributed by atoms with van der Waals surface area (Å²) in [5.74, 6) is 0.907. The minimum absolute atomic E-state index is 0.238. The van der Waals surface area contributed by atoms with Gasteiger partial charge in [-0.1, -0.05) is 13.8 Å². The first-order chi connectivity index (χ1) is 9.42. The van der Waals surface area contributed by atoms with Crippen molar-refractivity contribution in [3.8, 4) is 0 Å². The van der Waals surface area contributed by atoms with Crippen molar-refractivity contribution in [2.75, 3.05) is 0 Å². The van der Waals surface area contributed by atoms with Crippen LogP contribution >= 0.6 is 0 Å². The number of fused-ring (bicyclic) bond motifs is 1. The van der Waals surface area contributed by atoms with Crippen molar-refractivity contribution in [3.63, 3.8) is 0 Å². The molecule has 110 valence electrons. The zero-order valence-electron chi connectivity index (χ0n) is 12.4. The van der Waals surface area contributed by atoms with Crippen LogP contribution in [0.5, 0.6) is 0 Å². The van der Waals surface area contributed by atoms with Gasteiger partial charge in [0.2, 0.25) is 0 Å². The summed E-state index contributed by atoms with van der Waals surface area (Å²) in [6, 6.07) is 0. The Morgan fingerprint density at radius 3 is 2.40 bits per heavy atom. The summed E-state index contributed by atoms with van der Waals surface area (Å²) in [6.45, 7) is 7.32. The molecule has 0 aliphatic rings. The van der Waals surface area contributed by atoms with Crippen LogP contribution in [-0.4, -0.2) is 18.7 Å². The maximum absolute atomic E-state index is 12.3. The van der Waals surface area contributed by atoms with Gasteiger partial charge in [-0.3, -0.25) is 13.9 Å². The van der Waals surface area contributed by atoms with E-state index >= 15 is 0 Å². The fourth-order valence-corrected chi connectivity index (χ4v) is 2.43. The molecule has 2 aromatic heterocycles. The first-order valence-corrected chi connectivity index (χ1v) is 6.81. The minimum Gasteiger partial charge on any atom is -0.324 e. The summed E-state index contributed by atoms with van der Waals surface area (Å²) < 4.78 is 4.49. The molecule has 0 atom stereocenters. The normalized spacial score (nSPS) is 11.7. The highest BCUT2D eigenvalue weighted by Gasteiger charge is 2.19. The molecule has 7 heteroatoms. The molecular formula is C13H21N5O2. The highest BCUT2D eigenvalue weighted by Crippen LogP contribution is 2.12. The first kappa shape index (κ1) is 14.5. The van der Waals surface area contributed by atoms with Gasteiger partial charge in [0.15, 0.2) is 11.2 Å². The predicted molar refractivity (Wildman–Crippen MR) is 77.6 cm³/mol. The van der Waals surface area contributed by atoms with Crippen LogP contribution in [0.2, 0.25) is 0 Å². The highest BCUT2D eigenvalue weighted by molar-refractivity contribution is 5.71.